The lowest BCUT2D eigenvalue weighted by Gasteiger charge is -2.23. The molecular formula is C9H11N3O4. The van der Waals surface area contributed by atoms with Crippen LogP contribution in [0.5, 0.6) is 23.5 Å². The second-order valence-electron chi connectivity index (χ2n) is 3.21. The Kier molecular flexibility index (Phi) is 2.08. The van der Waals surface area contributed by atoms with Crippen LogP contribution >= 0.6 is 0 Å². The average molecular weight is 225 g/mol. The lowest BCUT2D eigenvalue weighted by atomic mass is 10.6. The van der Waals surface area contributed by atoms with Gasteiger partial charge in [0.2, 0.25) is 23.5 Å². The van der Waals surface area contributed by atoms with Gasteiger partial charge in [0.05, 0.1) is 0 Å². The van der Waals surface area contributed by atoms with Gasteiger partial charge in [-0.25, -0.2) is 5.12 Å². The van der Waals surface area contributed by atoms with Crippen LogP contribution in [0, 0.1) is 0 Å². The van der Waals surface area contributed by atoms with E-state index in [1.54, 1.807) is 0 Å². The Morgan fingerprint density at radius 3 is 1.25 bits per heavy atom. The summed E-state index contributed by atoms with van der Waals surface area (Å²) in [6.07, 6.45) is 0. The fourth-order valence-electron chi connectivity index (χ4n) is 1.50. The van der Waals surface area contributed by atoms with Crippen LogP contribution in [0.25, 0.3) is 0 Å². The molecule has 86 valence electrons. The Labute approximate surface area is 90.6 Å². The maximum atomic E-state index is 9.47. The summed E-state index contributed by atoms with van der Waals surface area (Å²) in [7, 11) is 1.44. The summed E-state index contributed by atoms with van der Waals surface area (Å²) >= 11 is 0. The van der Waals surface area contributed by atoms with Crippen molar-refractivity contribution >= 4 is 0 Å². The molecule has 0 fully saturated rings. The van der Waals surface area contributed by atoms with E-state index in [9.17, 15) is 20.4 Å². The van der Waals surface area contributed by atoms with E-state index in [1.165, 1.54) is 31.3 Å². The maximum absolute atomic E-state index is 9.47. The highest BCUT2D eigenvalue weighted by Gasteiger charge is 2.16. The molecule has 0 unspecified atom stereocenters. The average Bonchev–Trinajstić information content (AvgIpc) is 2.71. The van der Waals surface area contributed by atoms with Crippen molar-refractivity contribution < 1.29 is 20.4 Å². The number of aromatic nitrogens is 2. The highest BCUT2D eigenvalue weighted by atomic mass is 16.3. The highest BCUT2D eigenvalue weighted by Crippen LogP contribution is 2.26. The minimum absolute atomic E-state index is 0.229. The first kappa shape index (κ1) is 10.1. The van der Waals surface area contributed by atoms with Crippen molar-refractivity contribution in [2.24, 2.45) is 0 Å². The smallest absolute Gasteiger partial charge is 0.214 e. The topological polar surface area (TPSA) is 94.0 Å². The van der Waals surface area contributed by atoms with Gasteiger partial charge in [0.15, 0.2) is 0 Å². The van der Waals surface area contributed by atoms with E-state index >= 15 is 0 Å². The van der Waals surface area contributed by atoms with Gasteiger partial charge in [0, 0.05) is 31.3 Å². The first-order valence-electron chi connectivity index (χ1n) is 4.46. The lowest BCUT2D eigenvalue weighted by Crippen LogP contribution is -2.34. The molecule has 0 aliphatic rings. The van der Waals surface area contributed by atoms with Gasteiger partial charge in [0.25, 0.3) is 0 Å². The van der Waals surface area contributed by atoms with E-state index in [0.29, 0.717) is 0 Å². The number of rotatable bonds is 2. The van der Waals surface area contributed by atoms with Crippen LogP contribution in [-0.4, -0.2) is 36.8 Å². The zero-order valence-corrected chi connectivity index (χ0v) is 8.44. The molecule has 0 radical (unpaired) electrons. The van der Waals surface area contributed by atoms with Crippen molar-refractivity contribution in [3.8, 4) is 23.5 Å². The fourth-order valence-corrected chi connectivity index (χ4v) is 1.50. The molecule has 0 atom stereocenters. The van der Waals surface area contributed by atoms with Gasteiger partial charge in [-0.05, 0) is 0 Å². The minimum Gasteiger partial charge on any atom is -0.493 e. The van der Waals surface area contributed by atoms with Crippen LogP contribution in [0.2, 0.25) is 0 Å². The fraction of sp³-hybridized carbons (Fsp3) is 0.111. The molecule has 2 aromatic heterocycles. The Bertz CT molecular complexity index is 432. The van der Waals surface area contributed by atoms with E-state index in [4.69, 9.17) is 0 Å². The van der Waals surface area contributed by atoms with Crippen molar-refractivity contribution in [2.45, 2.75) is 0 Å². The molecule has 7 heteroatoms. The standard InChI is InChI=1S/C9H11N3O4/c1-10(11-6(13)2-3-7(11)14)12-8(15)4-5-9(12)16/h2-5,13-16H,1H3. The molecule has 0 aliphatic heterocycles. The van der Waals surface area contributed by atoms with Crippen molar-refractivity contribution in [1.82, 2.24) is 9.35 Å². The van der Waals surface area contributed by atoms with E-state index in [0.717, 1.165) is 14.5 Å². The van der Waals surface area contributed by atoms with E-state index in [-0.39, 0.29) is 23.5 Å². The van der Waals surface area contributed by atoms with E-state index in [2.05, 4.69) is 0 Å². The van der Waals surface area contributed by atoms with Gasteiger partial charge in [-0.2, -0.15) is 9.35 Å². The zero-order chi connectivity index (χ0) is 11.9. The highest BCUT2D eigenvalue weighted by molar-refractivity contribution is 5.30. The summed E-state index contributed by atoms with van der Waals surface area (Å²) in [4.78, 5) is 0. The molecule has 0 amide bonds. The lowest BCUT2D eigenvalue weighted by molar-refractivity contribution is 0.313. The first-order valence-corrected chi connectivity index (χ1v) is 4.46. The van der Waals surface area contributed by atoms with Crippen LogP contribution in [0.1, 0.15) is 0 Å². The molecule has 16 heavy (non-hydrogen) atoms. The third-order valence-corrected chi connectivity index (χ3v) is 2.21. The third-order valence-electron chi connectivity index (χ3n) is 2.21. The summed E-state index contributed by atoms with van der Waals surface area (Å²) in [5, 5.41) is 39.0. The second-order valence-corrected chi connectivity index (χ2v) is 3.21. The van der Waals surface area contributed by atoms with Crippen molar-refractivity contribution in [2.75, 3.05) is 12.2 Å². The third kappa shape index (κ3) is 1.29. The molecule has 2 heterocycles. The van der Waals surface area contributed by atoms with Gasteiger partial charge in [-0.1, -0.05) is 0 Å². The van der Waals surface area contributed by atoms with Crippen LogP contribution in [0.3, 0.4) is 0 Å². The molecule has 0 saturated carbocycles. The number of aromatic hydroxyl groups is 4. The van der Waals surface area contributed by atoms with Gasteiger partial charge >= 0.3 is 0 Å². The zero-order valence-electron chi connectivity index (χ0n) is 8.44. The second kappa shape index (κ2) is 3.30. The molecule has 0 spiro atoms. The van der Waals surface area contributed by atoms with Crippen LogP contribution in [0.15, 0.2) is 24.3 Å². The molecule has 0 aromatic carbocycles. The summed E-state index contributed by atoms with van der Waals surface area (Å²) < 4.78 is 2.00. The predicted octanol–water partition coefficient (Wildman–Crippen LogP) is 0.143. The Morgan fingerprint density at radius 1 is 0.750 bits per heavy atom. The largest absolute Gasteiger partial charge is 0.493 e. The van der Waals surface area contributed by atoms with Crippen LogP contribution in [-0.2, 0) is 0 Å². The summed E-state index contributed by atoms with van der Waals surface area (Å²) in [5.74, 6) is -0.917. The molecule has 0 saturated heterocycles. The van der Waals surface area contributed by atoms with Gasteiger partial charge in [-0.15, -0.1) is 0 Å². The van der Waals surface area contributed by atoms with E-state index < -0.39 is 0 Å². The normalized spacial score (nSPS) is 10.6. The van der Waals surface area contributed by atoms with Crippen molar-refractivity contribution in [3.63, 3.8) is 0 Å². The number of nitrogens with zero attached hydrogens (tertiary/aromatic N) is 3. The Balaban J connectivity index is 2.51. The maximum Gasteiger partial charge on any atom is 0.214 e. The Morgan fingerprint density at radius 2 is 1.00 bits per heavy atom. The molecule has 2 aromatic rings. The van der Waals surface area contributed by atoms with Gasteiger partial charge in [-0.3, -0.25) is 0 Å². The van der Waals surface area contributed by atoms with Crippen molar-refractivity contribution in [1.29, 1.82) is 0 Å². The van der Waals surface area contributed by atoms with Crippen molar-refractivity contribution in [3.05, 3.63) is 24.3 Å². The van der Waals surface area contributed by atoms with E-state index in [1.807, 2.05) is 0 Å². The Hall–Kier alpha value is -2.44. The number of hydrogen-bond donors (Lipinski definition) is 4. The molecular weight excluding hydrogens is 214 g/mol. The quantitative estimate of drug-likeness (QED) is 0.583. The molecule has 7 nitrogen and oxygen atoms in total. The summed E-state index contributed by atoms with van der Waals surface area (Å²) in [6, 6.07) is 5.12. The molecule has 2 rings (SSSR count). The number of hydrogen-bond acceptors (Lipinski definition) is 5. The summed E-state index contributed by atoms with van der Waals surface area (Å²) in [6.45, 7) is 0. The SMILES string of the molecule is CN(n1c(O)ccc1O)n1c(O)ccc1O. The molecule has 0 aliphatic carbocycles. The predicted molar refractivity (Wildman–Crippen MR) is 55.1 cm³/mol. The molecule has 4 N–H and O–H groups in total. The van der Waals surface area contributed by atoms with Crippen LogP contribution < -0.4 is 5.12 Å². The molecule has 0 bridgehead atoms. The first-order chi connectivity index (χ1) is 7.52. The summed E-state index contributed by atoms with van der Waals surface area (Å²) in [5.41, 5.74) is 0. The van der Waals surface area contributed by atoms with Gasteiger partial charge < -0.3 is 20.4 Å². The minimum atomic E-state index is -0.229. The van der Waals surface area contributed by atoms with Gasteiger partial charge in [0.1, 0.15) is 0 Å². The monoisotopic (exact) mass is 225 g/mol. The van der Waals surface area contributed by atoms with Crippen LogP contribution in [0.4, 0.5) is 0 Å².